The minimum Gasteiger partial charge on any atom is -0.294 e. The molecule has 0 saturated heterocycles. The molecule has 0 bridgehead atoms. The molecule has 0 saturated carbocycles. The molecule has 11 heteroatoms. The molecule has 0 aliphatic heterocycles. The van der Waals surface area contributed by atoms with E-state index in [2.05, 4.69) is 63.5 Å². The first-order valence-electron chi connectivity index (χ1n) is 12.4. The van der Waals surface area contributed by atoms with Gasteiger partial charge in [0.2, 0.25) is 11.8 Å². The molecule has 4 heterocycles. The van der Waals surface area contributed by atoms with E-state index in [0.717, 1.165) is 47.3 Å². The van der Waals surface area contributed by atoms with Crippen molar-refractivity contribution in [2.75, 3.05) is 0 Å². The van der Waals surface area contributed by atoms with Gasteiger partial charge in [-0.2, -0.15) is 5.21 Å². The third-order valence-electron chi connectivity index (χ3n) is 6.25. The van der Waals surface area contributed by atoms with Gasteiger partial charge >= 0.3 is 5.69 Å². The number of aromatic amines is 1. The summed E-state index contributed by atoms with van der Waals surface area (Å²) in [6, 6.07) is 11.9. The normalized spacial score (nSPS) is 11.8. The Bertz CT molecular complexity index is 1550. The summed E-state index contributed by atoms with van der Waals surface area (Å²) in [7, 11) is 0. The lowest BCUT2D eigenvalue weighted by Crippen LogP contribution is -2.30. The maximum Gasteiger partial charge on any atom is 0.335 e. The molecule has 0 unspecified atom stereocenters. The molecule has 1 aromatic carbocycles. The molecule has 5 aromatic rings. The predicted molar refractivity (Wildman–Crippen MR) is 139 cm³/mol. The molecule has 5 rings (SSSR count). The zero-order chi connectivity index (χ0) is 26.0. The molecule has 11 nitrogen and oxygen atoms in total. The van der Waals surface area contributed by atoms with Crippen molar-refractivity contribution in [1.29, 1.82) is 0 Å². The number of rotatable bonds is 8. The Morgan fingerprint density at radius 3 is 2.59 bits per heavy atom. The minimum absolute atomic E-state index is 0.157. The van der Waals surface area contributed by atoms with Gasteiger partial charge in [-0.25, -0.2) is 9.36 Å². The number of H-pyrrole nitrogens is 1. The summed E-state index contributed by atoms with van der Waals surface area (Å²) >= 11 is 0. The largest absolute Gasteiger partial charge is 0.335 e. The van der Waals surface area contributed by atoms with Gasteiger partial charge in [0.25, 0.3) is 0 Å². The van der Waals surface area contributed by atoms with Crippen LogP contribution in [-0.2, 0) is 18.5 Å². The highest BCUT2D eigenvalue weighted by Gasteiger charge is 2.22. The molecule has 1 N–H and O–H groups in total. The van der Waals surface area contributed by atoms with Crippen molar-refractivity contribution in [3.8, 4) is 28.5 Å². The first-order valence-corrected chi connectivity index (χ1v) is 12.4. The predicted octanol–water partition coefficient (Wildman–Crippen LogP) is 3.62. The van der Waals surface area contributed by atoms with Gasteiger partial charge in [-0.15, -0.1) is 20.4 Å². The first-order chi connectivity index (χ1) is 17.8. The molecule has 0 radical (unpaired) electrons. The number of nitrogens with zero attached hydrogens (tertiary/aromatic N) is 9. The minimum atomic E-state index is -0.268. The van der Waals surface area contributed by atoms with Crippen molar-refractivity contribution in [2.45, 2.75) is 59.0 Å². The summed E-state index contributed by atoms with van der Waals surface area (Å²) in [6.07, 6.45) is 8.12. The van der Waals surface area contributed by atoms with Crippen molar-refractivity contribution in [3.63, 3.8) is 0 Å². The number of aromatic nitrogens is 10. The number of nitrogens with one attached hydrogen (secondary N) is 1. The fraction of sp³-hybridized carbons (Fsp3) is 0.346. The second-order valence-corrected chi connectivity index (χ2v) is 9.99. The van der Waals surface area contributed by atoms with Crippen LogP contribution in [-0.4, -0.2) is 49.5 Å². The van der Waals surface area contributed by atoms with Crippen molar-refractivity contribution in [2.24, 2.45) is 0 Å². The van der Waals surface area contributed by atoms with Crippen LogP contribution in [0.4, 0.5) is 0 Å². The van der Waals surface area contributed by atoms with Gasteiger partial charge < -0.3 is 0 Å². The Labute approximate surface area is 214 Å². The van der Waals surface area contributed by atoms with Crippen LogP contribution in [0.15, 0.2) is 59.9 Å². The summed E-state index contributed by atoms with van der Waals surface area (Å²) in [6.45, 7) is 8.67. The van der Waals surface area contributed by atoms with Crippen LogP contribution in [0, 0.1) is 0 Å². The summed E-state index contributed by atoms with van der Waals surface area (Å²) in [5.74, 6) is 1.04. The van der Waals surface area contributed by atoms with E-state index in [1.165, 1.54) is 0 Å². The SMILES string of the molecule is CCCCc1cn(-c2nncn2C(C)(C)C)c(=O)n1Cc1cc(-c2cccc(-c3nn[nH]n3)c2)ccn1. The molecular weight excluding hydrogens is 468 g/mol. The Hall–Kier alpha value is -4.41. The zero-order valence-electron chi connectivity index (χ0n) is 21.5. The van der Waals surface area contributed by atoms with Crippen molar-refractivity contribution in [1.82, 2.24) is 49.5 Å². The van der Waals surface area contributed by atoms with E-state index in [-0.39, 0.29) is 11.2 Å². The molecule has 4 aromatic heterocycles. The number of tetrazole rings is 1. The van der Waals surface area contributed by atoms with Gasteiger partial charge in [0, 0.05) is 29.2 Å². The summed E-state index contributed by atoms with van der Waals surface area (Å²) in [5.41, 5.74) is 4.17. The van der Waals surface area contributed by atoms with Crippen LogP contribution in [0.5, 0.6) is 0 Å². The summed E-state index contributed by atoms with van der Waals surface area (Å²) in [4.78, 5) is 18.2. The van der Waals surface area contributed by atoms with E-state index in [0.29, 0.717) is 18.3 Å². The third-order valence-corrected chi connectivity index (χ3v) is 6.25. The van der Waals surface area contributed by atoms with Crippen LogP contribution in [0.25, 0.3) is 28.5 Å². The summed E-state index contributed by atoms with van der Waals surface area (Å²) < 4.78 is 5.30. The fourth-order valence-electron chi connectivity index (χ4n) is 4.29. The van der Waals surface area contributed by atoms with E-state index >= 15 is 0 Å². The summed E-state index contributed by atoms with van der Waals surface area (Å²) in [5, 5.41) is 22.6. The van der Waals surface area contributed by atoms with Crippen molar-refractivity contribution in [3.05, 3.63) is 77.0 Å². The van der Waals surface area contributed by atoms with Crippen LogP contribution in [0.2, 0.25) is 0 Å². The number of hydrogen-bond donors (Lipinski definition) is 1. The Kier molecular flexibility index (Phi) is 6.51. The molecule has 0 aliphatic carbocycles. The fourth-order valence-corrected chi connectivity index (χ4v) is 4.29. The Morgan fingerprint density at radius 1 is 1.03 bits per heavy atom. The first kappa shape index (κ1) is 24.3. The number of aryl methyl sites for hydroxylation is 1. The monoisotopic (exact) mass is 498 g/mol. The van der Waals surface area contributed by atoms with Crippen molar-refractivity contribution < 1.29 is 0 Å². The molecule has 0 aliphatic rings. The quantitative estimate of drug-likeness (QED) is 0.346. The topological polar surface area (TPSA) is 125 Å². The molecule has 0 atom stereocenters. The number of pyridine rings is 1. The van der Waals surface area contributed by atoms with E-state index < -0.39 is 0 Å². The third kappa shape index (κ3) is 4.97. The molecule has 37 heavy (non-hydrogen) atoms. The Balaban J connectivity index is 1.51. The van der Waals surface area contributed by atoms with E-state index in [9.17, 15) is 4.79 Å². The lowest BCUT2D eigenvalue weighted by molar-refractivity contribution is 0.389. The maximum atomic E-state index is 13.7. The van der Waals surface area contributed by atoms with E-state index in [4.69, 9.17) is 0 Å². The number of hydrogen-bond acceptors (Lipinski definition) is 7. The molecule has 0 amide bonds. The van der Waals surface area contributed by atoms with Gasteiger partial charge in [0.05, 0.1) is 12.2 Å². The highest BCUT2D eigenvalue weighted by molar-refractivity contribution is 5.70. The number of benzene rings is 1. The Morgan fingerprint density at radius 2 is 1.84 bits per heavy atom. The standard InChI is InChI=1S/C26H30N10O/c1-5-6-10-22-16-35(24-31-28-17-36(24)26(2,3)4)25(37)34(22)15-21-14-19(11-12-27-21)18-8-7-9-20(13-18)23-29-32-33-30-23/h7-9,11-14,16-17H,5-6,10,15H2,1-4H3,(H,29,30,32,33). The lowest BCUT2D eigenvalue weighted by atomic mass is 10.0. The highest BCUT2D eigenvalue weighted by atomic mass is 16.2. The van der Waals surface area contributed by atoms with E-state index in [1.807, 2.05) is 47.2 Å². The lowest BCUT2D eigenvalue weighted by Gasteiger charge is -2.21. The average Bonchev–Trinajstić information content (AvgIpc) is 3.65. The van der Waals surface area contributed by atoms with Crippen LogP contribution >= 0.6 is 0 Å². The van der Waals surface area contributed by atoms with Gasteiger partial charge in [-0.05, 0) is 68.2 Å². The van der Waals surface area contributed by atoms with Crippen LogP contribution in [0.1, 0.15) is 51.9 Å². The van der Waals surface area contributed by atoms with Gasteiger partial charge in [-0.1, -0.05) is 31.5 Å². The molecule has 190 valence electrons. The second-order valence-electron chi connectivity index (χ2n) is 9.99. The molecule has 0 spiro atoms. The number of imidazole rings is 1. The van der Waals surface area contributed by atoms with Gasteiger partial charge in [0.1, 0.15) is 6.33 Å². The second kappa shape index (κ2) is 9.92. The van der Waals surface area contributed by atoms with Gasteiger partial charge in [-0.3, -0.25) is 14.1 Å². The maximum absolute atomic E-state index is 13.7. The smallest absolute Gasteiger partial charge is 0.294 e. The average molecular weight is 499 g/mol. The van der Waals surface area contributed by atoms with Crippen molar-refractivity contribution >= 4 is 0 Å². The number of unbranched alkanes of at least 4 members (excludes halogenated alkanes) is 1. The van der Waals surface area contributed by atoms with E-state index in [1.54, 1.807) is 21.7 Å². The zero-order valence-corrected chi connectivity index (χ0v) is 21.5. The van der Waals surface area contributed by atoms with Crippen LogP contribution in [0.3, 0.4) is 0 Å². The van der Waals surface area contributed by atoms with Gasteiger partial charge in [0.15, 0.2) is 0 Å². The molecular formula is C26H30N10O. The highest BCUT2D eigenvalue weighted by Crippen LogP contribution is 2.25. The van der Waals surface area contributed by atoms with Crippen LogP contribution < -0.4 is 5.69 Å². The molecule has 0 fully saturated rings.